The normalized spacial score (nSPS) is 16.5. The summed E-state index contributed by atoms with van der Waals surface area (Å²) in [4.78, 5) is 3.62. The van der Waals surface area contributed by atoms with Gasteiger partial charge in [0.2, 0.25) is 0 Å². The number of benzene rings is 1. The molecule has 1 aromatic carbocycles. The van der Waals surface area contributed by atoms with Crippen LogP contribution in [0.5, 0.6) is 0 Å². The van der Waals surface area contributed by atoms with Gasteiger partial charge in [0.15, 0.2) is 5.11 Å². The van der Waals surface area contributed by atoms with Crippen LogP contribution in [0.2, 0.25) is 0 Å². The first-order chi connectivity index (χ1) is 10.9. The lowest BCUT2D eigenvalue weighted by molar-refractivity contribution is -0.137. The van der Waals surface area contributed by atoms with Crippen LogP contribution in [0.25, 0.3) is 0 Å². The number of hydrogen-bond donors (Lipinski definition) is 1. The van der Waals surface area contributed by atoms with Gasteiger partial charge in [-0.25, -0.2) is 0 Å². The third kappa shape index (κ3) is 3.65. The van der Waals surface area contributed by atoms with Gasteiger partial charge >= 0.3 is 6.18 Å². The Kier molecular flexibility index (Phi) is 4.27. The monoisotopic (exact) mass is 341 g/mol. The first kappa shape index (κ1) is 15.8. The Morgan fingerprint density at radius 3 is 2.74 bits per heavy atom. The molecule has 0 bridgehead atoms. The van der Waals surface area contributed by atoms with E-state index in [1.54, 1.807) is 23.3 Å². The molecule has 0 radical (unpaired) electrons. The minimum atomic E-state index is -4.38. The Balaban J connectivity index is 1.79. The van der Waals surface area contributed by atoms with Crippen molar-refractivity contribution < 1.29 is 17.6 Å². The molecule has 1 aromatic heterocycles. The van der Waals surface area contributed by atoms with Crippen molar-refractivity contribution in [3.8, 4) is 0 Å². The van der Waals surface area contributed by atoms with Crippen molar-refractivity contribution >= 4 is 23.0 Å². The molecule has 1 N–H and O–H groups in total. The lowest BCUT2D eigenvalue weighted by atomic mass is 10.2. The molecule has 0 atom stereocenters. The van der Waals surface area contributed by atoms with Crippen molar-refractivity contribution in [2.24, 2.45) is 0 Å². The van der Waals surface area contributed by atoms with Gasteiger partial charge in [0.1, 0.15) is 5.76 Å². The number of alkyl halides is 3. The fraction of sp³-hybridized carbons (Fsp3) is 0.267. The maximum atomic E-state index is 12.9. The fourth-order valence-corrected chi connectivity index (χ4v) is 2.59. The largest absolute Gasteiger partial charge is 0.468 e. The average molecular weight is 341 g/mol. The van der Waals surface area contributed by atoms with Crippen molar-refractivity contribution in [3.63, 3.8) is 0 Å². The molecule has 1 aliphatic rings. The van der Waals surface area contributed by atoms with Crippen LogP contribution in [0, 0.1) is 0 Å². The quantitative estimate of drug-likeness (QED) is 0.865. The summed E-state index contributed by atoms with van der Waals surface area (Å²) in [6.45, 7) is 1.43. The molecule has 0 amide bonds. The molecule has 0 spiro atoms. The molecule has 0 unspecified atom stereocenters. The second kappa shape index (κ2) is 6.21. The van der Waals surface area contributed by atoms with Gasteiger partial charge in [-0.1, -0.05) is 6.07 Å². The van der Waals surface area contributed by atoms with Gasteiger partial charge in [0.05, 0.1) is 31.7 Å². The third-order valence-electron chi connectivity index (χ3n) is 3.49. The second-order valence-electron chi connectivity index (χ2n) is 5.17. The summed E-state index contributed by atoms with van der Waals surface area (Å²) >= 11 is 5.23. The van der Waals surface area contributed by atoms with E-state index in [0.717, 1.165) is 17.9 Å². The lowest BCUT2D eigenvalue weighted by Crippen LogP contribution is -2.55. The maximum absolute atomic E-state index is 12.9. The van der Waals surface area contributed by atoms with Gasteiger partial charge in [0.25, 0.3) is 0 Å². The molecule has 2 aromatic rings. The predicted octanol–water partition coefficient (Wildman–Crippen LogP) is 3.41. The smallest absolute Gasteiger partial charge is 0.416 e. The molecule has 0 aliphatic carbocycles. The highest BCUT2D eigenvalue weighted by molar-refractivity contribution is 7.80. The zero-order valence-electron chi connectivity index (χ0n) is 12.0. The minimum absolute atomic E-state index is 0.383. The standard InChI is InChI=1S/C15H14F3N3OS/c16-15(17,18)11-3-1-4-12(7-11)21-10-20(9-19-14(21)23)8-13-5-2-6-22-13/h1-7H,8-10H2,(H,19,23). The van der Waals surface area contributed by atoms with Crippen LogP contribution in [0.1, 0.15) is 11.3 Å². The molecular weight excluding hydrogens is 327 g/mol. The third-order valence-corrected chi connectivity index (χ3v) is 3.85. The Labute approximate surface area is 136 Å². The molecule has 3 rings (SSSR count). The average Bonchev–Trinajstić information content (AvgIpc) is 3.01. The van der Waals surface area contributed by atoms with Crippen molar-refractivity contribution in [3.05, 3.63) is 54.0 Å². The summed E-state index contributed by atoms with van der Waals surface area (Å²) in [5.41, 5.74) is -0.289. The van der Waals surface area contributed by atoms with Crippen LogP contribution < -0.4 is 10.2 Å². The van der Waals surface area contributed by atoms with Gasteiger partial charge in [-0.2, -0.15) is 13.2 Å². The summed E-state index contributed by atoms with van der Waals surface area (Å²) in [5, 5.41) is 3.41. The van der Waals surface area contributed by atoms with E-state index < -0.39 is 11.7 Å². The summed E-state index contributed by atoms with van der Waals surface area (Å²) < 4.78 is 43.9. The Morgan fingerprint density at radius 2 is 2.04 bits per heavy atom. The van der Waals surface area contributed by atoms with E-state index in [-0.39, 0.29) is 0 Å². The molecule has 1 saturated heterocycles. The number of furan rings is 1. The van der Waals surface area contributed by atoms with Crippen molar-refractivity contribution in [1.82, 2.24) is 10.2 Å². The van der Waals surface area contributed by atoms with E-state index >= 15 is 0 Å². The number of rotatable bonds is 3. The molecule has 0 saturated carbocycles. The Morgan fingerprint density at radius 1 is 1.22 bits per heavy atom. The van der Waals surface area contributed by atoms with Gasteiger partial charge in [0, 0.05) is 5.69 Å². The van der Waals surface area contributed by atoms with Gasteiger partial charge in [-0.05, 0) is 42.5 Å². The molecular formula is C15H14F3N3OS. The van der Waals surface area contributed by atoms with Crippen LogP contribution in [0.15, 0.2) is 47.1 Å². The molecule has 122 valence electrons. The van der Waals surface area contributed by atoms with Crippen LogP contribution in [-0.4, -0.2) is 23.3 Å². The van der Waals surface area contributed by atoms with E-state index in [1.165, 1.54) is 6.07 Å². The number of nitrogens with one attached hydrogen (secondary N) is 1. The molecule has 8 heteroatoms. The van der Waals surface area contributed by atoms with Crippen molar-refractivity contribution in [1.29, 1.82) is 0 Å². The first-order valence-electron chi connectivity index (χ1n) is 6.91. The molecule has 23 heavy (non-hydrogen) atoms. The fourth-order valence-electron chi connectivity index (χ4n) is 2.37. The molecule has 1 fully saturated rings. The van der Waals surface area contributed by atoms with E-state index in [0.29, 0.717) is 30.7 Å². The van der Waals surface area contributed by atoms with Crippen molar-refractivity contribution in [2.45, 2.75) is 12.7 Å². The molecule has 1 aliphatic heterocycles. The number of hydrogen-bond acceptors (Lipinski definition) is 3. The van der Waals surface area contributed by atoms with Gasteiger partial charge in [-0.15, -0.1) is 0 Å². The van der Waals surface area contributed by atoms with Crippen molar-refractivity contribution in [2.75, 3.05) is 18.2 Å². The van der Waals surface area contributed by atoms with Gasteiger partial charge in [-0.3, -0.25) is 4.90 Å². The first-order valence-corrected chi connectivity index (χ1v) is 7.32. The van der Waals surface area contributed by atoms with Crippen LogP contribution in [-0.2, 0) is 12.7 Å². The van der Waals surface area contributed by atoms with E-state index in [1.807, 2.05) is 11.0 Å². The van der Waals surface area contributed by atoms with Crippen LogP contribution >= 0.6 is 12.2 Å². The zero-order chi connectivity index (χ0) is 16.4. The van der Waals surface area contributed by atoms with Gasteiger partial charge < -0.3 is 14.6 Å². The SMILES string of the molecule is FC(F)(F)c1cccc(N2CN(Cc3ccco3)CNC2=S)c1. The Hall–Kier alpha value is -2.06. The molecule has 2 heterocycles. The highest BCUT2D eigenvalue weighted by Gasteiger charge is 2.31. The highest BCUT2D eigenvalue weighted by Crippen LogP contribution is 2.32. The Bertz CT molecular complexity index is 688. The summed E-state index contributed by atoms with van der Waals surface area (Å²) in [6, 6.07) is 8.78. The number of thiocarbonyl (C=S) groups is 1. The summed E-state index contributed by atoms with van der Waals surface area (Å²) in [5.74, 6) is 0.781. The number of halogens is 3. The van der Waals surface area contributed by atoms with E-state index in [9.17, 15) is 13.2 Å². The number of nitrogens with zero attached hydrogens (tertiary/aromatic N) is 2. The topological polar surface area (TPSA) is 31.6 Å². The van der Waals surface area contributed by atoms with Crippen LogP contribution in [0.4, 0.5) is 18.9 Å². The highest BCUT2D eigenvalue weighted by atomic mass is 32.1. The minimum Gasteiger partial charge on any atom is -0.468 e. The van der Waals surface area contributed by atoms with E-state index in [2.05, 4.69) is 5.32 Å². The predicted molar refractivity (Wildman–Crippen MR) is 83.6 cm³/mol. The lowest BCUT2D eigenvalue weighted by Gasteiger charge is -2.37. The van der Waals surface area contributed by atoms with E-state index in [4.69, 9.17) is 16.6 Å². The maximum Gasteiger partial charge on any atom is 0.416 e. The number of anilines is 1. The second-order valence-corrected chi connectivity index (χ2v) is 5.55. The zero-order valence-corrected chi connectivity index (χ0v) is 12.8. The van der Waals surface area contributed by atoms with Crippen LogP contribution in [0.3, 0.4) is 0 Å². The molecule has 4 nitrogen and oxygen atoms in total. The summed E-state index contributed by atoms with van der Waals surface area (Å²) in [7, 11) is 0. The summed E-state index contributed by atoms with van der Waals surface area (Å²) in [6.07, 6.45) is -2.80.